The number of aryl methyl sites for hydroxylation is 1. The van der Waals surface area contributed by atoms with Crippen molar-refractivity contribution >= 4 is 52.6 Å². The Morgan fingerprint density at radius 2 is 1.94 bits per heavy atom. The second kappa shape index (κ2) is 11.0. The number of aromatic nitrogens is 1. The first kappa shape index (κ1) is 25.5. The van der Waals surface area contributed by atoms with Crippen LogP contribution < -0.4 is 15.4 Å². The minimum absolute atomic E-state index is 0.0889. The molecule has 1 saturated heterocycles. The number of carbonyl (C=O) groups excluding carboxylic acids is 2. The number of rotatable bonds is 6. The van der Waals surface area contributed by atoms with Crippen LogP contribution in [0.25, 0.3) is 10.6 Å². The zero-order valence-electron chi connectivity index (χ0n) is 18.8. The van der Waals surface area contributed by atoms with E-state index in [2.05, 4.69) is 20.3 Å². The molecule has 3 N–H and O–H groups in total. The fraction of sp³-hybridized carbons (Fsp3) is 0.261. The standard InChI is InChI=1S/C23H22ClF2N5O2S2/c1-12-20(34-23(28-12)13-3-5-14(25)6-4-13)11-27-21(32)18-10-19(31(2)35-30-18)22(33)29-15-7-8-17(26)16(24)9-15/h3-9,18-19,30H,10-11H2,1-2H3,(H,27,32)(H,29,33). The first-order chi connectivity index (χ1) is 16.7. The summed E-state index contributed by atoms with van der Waals surface area (Å²) in [5.74, 6) is -1.46. The molecule has 2 atom stereocenters. The molecule has 0 spiro atoms. The Labute approximate surface area is 214 Å². The number of benzene rings is 2. The smallest absolute Gasteiger partial charge is 0.242 e. The van der Waals surface area contributed by atoms with Crippen molar-refractivity contribution in [1.82, 2.24) is 19.3 Å². The van der Waals surface area contributed by atoms with E-state index in [4.69, 9.17) is 11.6 Å². The van der Waals surface area contributed by atoms with Gasteiger partial charge in [-0.15, -0.1) is 11.3 Å². The molecule has 2 aromatic carbocycles. The number of nitrogens with zero attached hydrogens (tertiary/aromatic N) is 2. The third-order valence-corrected chi connectivity index (χ3v) is 7.88. The fourth-order valence-corrected chi connectivity index (χ4v) is 5.45. The number of thiazole rings is 1. The summed E-state index contributed by atoms with van der Waals surface area (Å²) in [6.07, 6.45) is 0.235. The molecule has 2 heterocycles. The maximum absolute atomic E-state index is 13.4. The predicted molar refractivity (Wildman–Crippen MR) is 135 cm³/mol. The summed E-state index contributed by atoms with van der Waals surface area (Å²) in [6.45, 7) is 2.14. The Bertz CT molecular complexity index is 1240. The maximum atomic E-state index is 13.4. The monoisotopic (exact) mass is 537 g/mol. The third kappa shape index (κ3) is 6.17. The quantitative estimate of drug-likeness (QED) is 0.401. The molecule has 35 heavy (non-hydrogen) atoms. The molecule has 1 fully saturated rings. The molecule has 0 aliphatic carbocycles. The zero-order valence-corrected chi connectivity index (χ0v) is 21.2. The van der Waals surface area contributed by atoms with Crippen molar-refractivity contribution in [3.63, 3.8) is 0 Å². The molecule has 2 amide bonds. The Balaban J connectivity index is 1.36. The second-order valence-corrected chi connectivity index (χ2v) is 10.4. The number of hydrogen-bond donors (Lipinski definition) is 3. The lowest BCUT2D eigenvalue weighted by Crippen LogP contribution is -2.53. The van der Waals surface area contributed by atoms with Gasteiger partial charge >= 0.3 is 0 Å². The van der Waals surface area contributed by atoms with E-state index in [1.165, 1.54) is 53.8 Å². The Morgan fingerprint density at radius 3 is 2.66 bits per heavy atom. The Morgan fingerprint density at radius 1 is 1.20 bits per heavy atom. The van der Waals surface area contributed by atoms with Crippen LogP contribution >= 0.6 is 35.1 Å². The van der Waals surface area contributed by atoms with Gasteiger partial charge in [0.2, 0.25) is 11.8 Å². The Hall–Kier alpha value is -2.57. The van der Waals surface area contributed by atoms with Crippen molar-refractivity contribution in [3.05, 3.63) is 69.7 Å². The molecule has 1 aromatic heterocycles. The summed E-state index contributed by atoms with van der Waals surface area (Å²) in [4.78, 5) is 31.1. The van der Waals surface area contributed by atoms with Gasteiger partial charge in [-0.1, -0.05) is 11.6 Å². The van der Waals surface area contributed by atoms with Crippen LogP contribution in [0, 0.1) is 18.6 Å². The molecule has 0 radical (unpaired) electrons. The maximum Gasteiger partial charge on any atom is 0.242 e. The number of anilines is 1. The molecular weight excluding hydrogens is 516 g/mol. The van der Waals surface area contributed by atoms with Crippen LogP contribution in [-0.4, -0.2) is 40.2 Å². The van der Waals surface area contributed by atoms with E-state index in [1.807, 2.05) is 6.92 Å². The van der Waals surface area contributed by atoms with E-state index in [0.717, 1.165) is 21.1 Å². The molecule has 2 unspecified atom stereocenters. The van der Waals surface area contributed by atoms with Crippen LogP contribution in [-0.2, 0) is 16.1 Å². The number of hydrogen-bond acceptors (Lipinski definition) is 7. The van der Waals surface area contributed by atoms with Gasteiger partial charge in [0, 0.05) is 28.3 Å². The van der Waals surface area contributed by atoms with Gasteiger partial charge in [0.25, 0.3) is 0 Å². The Kier molecular flexibility index (Phi) is 8.02. The minimum Gasteiger partial charge on any atom is -0.350 e. The highest BCUT2D eigenvalue weighted by Gasteiger charge is 2.35. The topological polar surface area (TPSA) is 86.4 Å². The van der Waals surface area contributed by atoms with Crippen molar-refractivity contribution < 1.29 is 18.4 Å². The first-order valence-corrected chi connectivity index (χ1v) is 12.6. The van der Waals surface area contributed by atoms with Gasteiger partial charge in [0.1, 0.15) is 22.7 Å². The van der Waals surface area contributed by atoms with Crippen LogP contribution in [0.3, 0.4) is 0 Å². The second-order valence-electron chi connectivity index (χ2n) is 7.93. The van der Waals surface area contributed by atoms with Crippen LogP contribution in [0.5, 0.6) is 0 Å². The van der Waals surface area contributed by atoms with Crippen molar-refractivity contribution in [2.75, 3.05) is 12.4 Å². The normalized spacial score (nSPS) is 18.3. The van der Waals surface area contributed by atoms with Gasteiger partial charge in [-0.3, -0.25) is 9.59 Å². The van der Waals surface area contributed by atoms with Crippen molar-refractivity contribution in [2.24, 2.45) is 0 Å². The SMILES string of the molecule is Cc1nc(-c2ccc(F)cc2)sc1CNC(=O)C1CC(C(=O)Nc2ccc(F)c(Cl)c2)N(C)SN1. The summed E-state index contributed by atoms with van der Waals surface area (Å²) in [6, 6.07) is 8.84. The summed E-state index contributed by atoms with van der Waals surface area (Å²) < 4.78 is 31.4. The van der Waals surface area contributed by atoms with Gasteiger partial charge in [-0.2, -0.15) is 0 Å². The molecule has 0 bridgehead atoms. The largest absolute Gasteiger partial charge is 0.350 e. The third-order valence-electron chi connectivity index (χ3n) is 5.45. The molecule has 1 aliphatic rings. The van der Waals surface area contributed by atoms with Crippen molar-refractivity contribution in [3.8, 4) is 10.6 Å². The average Bonchev–Trinajstić information content (AvgIpc) is 3.21. The van der Waals surface area contributed by atoms with E-state index < -0.39 is 17.9 Å². The van der Waals surface area contributed by atoms with E-state index in [9.17, 15) is 18.4 Å². The van der Waals surface area contributed by atoms with Crippen LogP contribution in [0.1, 0.15) is 17.0 Å². The highest BCUT2D eigenvalue weighted by molar-refractivity contribution is 7.95. The molecule has 184 valence electrons. The lowest BCUT2D eigenvalue weighted by atomic mass is 10.1. The molecule has 4 rings (SSSR count). The summed E-state index contributed by atoms with van der Waals surface area (Å²) in [5.41, 5.74) is 1.97. The van der Waals surface area contributed by atoms with E-state index >= 15 is 0 Å². The predicted octanol–water partition coefficient (Wildman–Crippen LogP) is 4.53. The number of nitrogens with one attached hydrogen (secondary N) is 3. The lowest BCUT2D eigenvalue weighted by Gasteiger charge is -2.34. The molecule has 12 heteroatoms. The molecule has 3 aromatic rings. The highest BCUT2D eigenvalue weighted by Crippen LogP contribution is 2.28. The van der Waals surface area contributed by atoms with E-state index in [0.29, 0.717) is 5.69 Å². The summed E-state index contributed by atoms with van der Waals surface area (Å²) in [5, 5.41) is 6.29. The van der Waals surface area contributed by atoms with Crippen LogP contribution in [0.4, 0.5) is 14.5 Å². The van der Waals surface area contributed by atoms with Gasteiger partial charge in [0.05, 0.1) is 23.3 Å². The van der Waals surface area contributed by atoms with Crippen LogP contribution in [0.15, 0.2) is 42.5 Å². The zero-order chi connectivity index (χ0) is 25.1. The number of halogens is 3. The van der Waals surface area contributed by atoms with E-state index in [1.54, 1.807) is 23.5 Å². The number of likely N-dealkylation sites (N-methyl/N-ethyl adjacent to an activating group) is 1. The number of carbonyl (C=O) groups is 2. The van der Waals surface area contributed by atoms with Gasteiger partial charge in [-0.05, 0) is 62.9 Å². The first-order valence-electron chi connectivity index (χ1n) is 10.6. The summed E-state index contributed by atoms with van der Waals surface area (Å²) in [7, 11) is 1.74. The van der Waals surface area contributed by atoms with Crippen LogP contribution in [0.2, 0.25) is 5.02 Å². The lowest BCUT2D eigenvalue weighted by molar-refractivity contribution is -0.124. The van der Waals surface area contributed by atoms with Gasteiger partial charge < -0.3 is 10.6 Å². The fourth-order valence-electron chi connectivity index (χ4n) is 3.46. The van der Waals surface area contributed by atoms with Gasteiger partial charge in [0.15, 0.2) is 0 Å². The minimum atomic E-state index is -0.603. The molecule has 1 aliphatic heterocycles. The molecule has 7 nitrogen and oxygen atoms in total. The van der Waals surface area contributed by atoms with Crippen molar-refractivity contribution in [2.45, 2.75) is 32.0 Å². The highest BCUT2D eigenvalue weighted by atomic mass is 35.5. The van der Waals surface area contributed by atoms with E-state index in [-0.39, 0.29) is 35.6 Å². The molecular formula is C23H22ClF2N5O2S2. The summed E-state index contributed by atoms with van der Waals surface area (Å²) >= 11 is 8.40. The van der Waals surface area contributed by atoms with Crippen molar-refractivity contribution in [1.29, 1.82) is 0 Å². The average molecular weight is 538 g/mol. The van der Waals surface area contributed by atoms with Gasteiger partial charge in [-0.25, -0.2) is 22.8 Å². The molecule has 0 saturated carbocycles. The number of amides is 2.